The zero-order valence-corrected chi connectivity index (χ0v) is 15.3. The van der Waals surface area contributed by atoms with E-state index in [1.165, 1.54) is 0 Å². The van der Waals surface area contributed by atoms with Crippen molar-refractivity contribution in [1.29, 1.82) is 0 Å². The van der Waals surface area contributed by atoms with Crippen LogP contribution in [0.15, 0.2) is 66.2 Å². The fraction of sp³-hybridized carbons (Fsp3) is 0.143. The number of aromatic nitrogens is 2. The zero-order valence-electron chi connectivity index (χ0n) is 14.5. The van der Waals surface area contributed by atoms with Gasteiger partial charge in [0.25, 0.3) is 0 Å². The highest BCUT2D eigenvalue weighted by molar-refractivity contribution is 7.09. The lowest BCUT2D eigenvalue weighted by Gasteiger charge is -2.09. The monoisotopic (exact) mass is 361 g/mol. The normalized spacial score (nSPS) is 10.8. The van der Waals surface area contributed by atoms with Gasteiger partial charge in [0.15, 0.2) is 0 Å². The highest BCUT2D eigenvalue weighted by Gasteiger charge is 2.06. The molecule has 4 nitrogen and oxygen atoms in total. The molecular formula is C21H19N3OS. The number of nitrogens with one attached hydrogen (secondary N) is 1. The molecule has 2 heterocycles. The lowest BCUT2D eigenvalue weighted by Crippen LogP contribution is -2.06. The van der Waals surface area contributed by atoms with E-state index in [-0.39, 0.29) is 0 Å². The Morgan fingerprint density at radius 3 is 2.81 bits per heavy atom. The van der Waals surface area contributed by atoms with E-state index in [0.717, 1.165) is 51.6 Å². The van der Waals surface area contributed by atoms with Gasteiger partial charge in [0.2, 0.25) is 0 Å². The Morgan fingerprint density at radius 2 is 1.96 bits per heavy atom. The predicted molar refractivity (Wildman–Crippen MR) is 108 cm³/mol. The summed E-state index contributed by atoms with van der Waals surface area (Å²) in [5.74, 6) is 1.71. The number of thiazole rings is 1. The Bertz CT molecular complexity index is 1010. The average molecular weight is 361 g/mol. The van der Waals surface area contributed by atoms with Crippen LogP contribution in [0.25, 0.3) is 22.0 Å². The van der Waals surface area contributed by atoms with Gasteiger partial charge in [0, 0.05) is 35.5 Å². The maximum Gasteiger partial charge on any atom is 0.133 e. The van der Waals surface area contributed by atoms with Crippen LogP contribution < -0.4 is 10.1 Å². The average Bonchev–Trinajstić information content (AvgIpc) is 3.17. The van der Waals surface area contributed by atoms with E-state index in [1.54, 1.807) is 18.4 Å². The number of rotatable bonds is 6. The minimum atomic E-state index is 0.783. The number of hydrogen-bond acceptors (Lipinski definition) is 5. The first-order chi connectivity index (χ1) is 12.8. The van der Waals surface area contributed by atoms with Crippen LogP contribution in [0.2, 0.25) is 0 Å². The third kappa shape index (κ3) is 3.53. The standard InChI is InChI=1S/C21H19N3OS/c1-25-17-8-7-15-9-11-22-21(18(15)13-17)23-12-10-20-24-19(14-26-20)16-5-3-2-4-6-16/h2-9,11,13-14H,10,12H2,1H3,(H,22,23). The summed E-state index contributed by atoms with van der Waals surface area (Å²) in [6.45, 7) is 0.783. The minimum Gasteiger partial charge on any atom is -0.497 e. The topological polar surface area (TPSA) is 47.0 Å². The van der Waals surface area contributed by atoms with Crippen molar-refractivity contribution in [3.8, 4) is 17.0 Å². The van der Waals surface area contributed by atoms with Crippen molar-refractivity contribution in [2.45, 2.75) is 6.42 Å². The van der Waals surface area contributed by atoms with Gasteiger partial charge in [0.1, 0.15) is 11.6 Å². The molecule has 0 aliphatic carbocycles. The smallest absolute Gasteiger partial charge is 0.133 e. The molecular weight excluding hydrogens is 342 g/mol. The van der Waals surface area contributed by atoms with E-state index in [0.29, 0.717) is 0 Å². The zero-order chi connectivity index (χ0) is 17.8. The Morgan fingerprint density at radius 1 is 1.08 bits per heavy atom. The number of anilines is 1. The molecule has 4 aromatic rings. The van der Waals surface area contributed by atoms with Crippen LogP contribution in [-0.4, -0.2) is 23.6 Å². The first-order valence-electron chi connectivity index (χ1n) is 8.50. The molecule has 0 aliphatic rings. The van der Waals surface area contributed by atoms with Gasteiger partial charge in [-0.25, -0.2) is 9.97 Å². The van der Waals surface area contributed by atoms with Crippen LogP contribution in [0.4, 0.5) is 5.82 Å². The summed E-state index contributed by atoms with van der Waals surface area (Å²) in [6.07, 6.45) is 2.69. The molecule has 0 radical (unpaired) electrons. The maximum atomic E-state index is 5.33. The Kier molecular flexibility index (Phi) is 4.80. The minimum absolute atomic E-state index is 0.783. The van der Waals surface area contributed by atoms with Gasteiger partial charge in [0.05, 0.1) is 17.8 Å². The number of hydrogen-bond donors (Lipinski definition) is 1. The fourth-order valence-electron chi connectivity index (χ4n) is 2.87. The summed E-state index contributed by atoms with van der Waals surface area (Å²) < 4.78 is 5.33. The van der Waals surface area contributed by atoms with Crippen molar-refractivity contribution in [2.75, 3.05) is 19.0 Å². The number of benzene rings is 2. The van der Waals surface area contributed by atoms with Gasteiger partial charge in [-0.2, -0.15) is 0 Å². The lowest BCUT2D eigenvalue weighted by atomic mass is 10.1. The van der Waals surface area contributed by atoms with Gasteiger partial charge in [-0.1, -0.05) is 36.4 Å². The van der Waals surface area contributed by atoms with E-state index < -0.39 is 0 Å². The molecule has 0 saturated heterocycles. The SMILES string of the molecule is COc1ccc2ccnc(NCCc3nc(-c4ccccc4)cs3)c2c1. The van der Waals surface area contributed by atoms with Gasteiger partial charge < -0.3 is 10.1 Å². The summed E-state index contributed by atoms with van der Waals surface area (Å²) >= 11 is 1.70. The molecule has 0 amide bonds. The summed E-state index contributed by atoms with van der Waals surface area (Å²) in [5, 5.41) is 8.88. The van der Waals surface area contributed by atoms with E-state index in [2.05, 4.69) is 27.8 Å². The molecule has 5 heteroatoms. The summed E-state index contributed by atoms with van der Waals surface area (Å²) in [4.78, 5) is 9.22. The van der Waals surface area contributed by atoms with Crippen LogP contribution in [0.3, 0.4) is 0 Å². The number of methoxy groups -OCH3 is 1. The fourth-order valence-corrected chi connectivity index (χ4v) is 3.68. The molecule has 0 atom stereocenters. The maximum absolute atomic E-state index is 5.33. The second kappa shape index (κ2) is 7.54. The highest BCUT2D eigenvalue weighted by atomic mass is 32.1. The number of fused-ring (bicyclic) bond motifs is 1. The molecule has 2 aromatic heterocycles. The highest BCUT2D eigenvalue weighted by Crippen LogP contribution is 2.26. The first-order valence-corrected chi connectivity index (χ1v) is 9.38. The van der Waals surface area contributed by atoms with Gasteiger partial charge in [-0.15, -0.1) is 11.3 Å². The van der Waals surface area contributed by atoms with E-state index in [9.17, 15) is 0 Å². The second-order valence-corrected chi connectivity index (χ2v) is 6.86. The second-order valence-electron chi connectivity index (χ2n) is 5.92. The Hall–Kier alpha value is -2.92. The van der Waals surface area contributed by atoms with Gasteiger partial charge in [-0.05, 0) is 23.6 Å². The largest absolute Gasteiger partial charge is 0.497 e. The van der Waals surface area contributed by atoms with Crippen LogP contribution in [0.1, 0.15) is 5.01 Å². The molecule has 26 heavy (non-hydrogen) atoms. The van der Waals surface area contributed by atoms with Gasteiger partial charge >= 0.3 is 0 Å². The molecule has 0 fully saturated rings. The van der Waals surface area contributed by atoms with Crippen LogP contribution in [0.5, 0.6) is 5.75 Å². The molecule has 0 aliphatic heterocycles. The van der Waals surface area contributed by atoms with Crippen molar-refractivity contribution in [2.24, 2.45) is 0 Å². The summed E-state index contributed by atoms with van der Waals surface area (Å²) in [6, 6.07) is 18.3. The molecule has 0 bridgehead atoms. The van der Waals surface area contributed by atoms with E-state index in [4.69, 9.17) is 9.72 Å². The summed E-state index contributed by atoms with van der Waals surface area (Å²) in [7, 11) is 1.68. The van der Waals surface area contributed by atoms with Crippen LogP contribution in [0, 0.1) is 0 Å². The summed E-state index contributed by atoms with van der Waals surface area (Å²) in [5.41, 5.74) is 2.20. The van der Waals surface area contributed by atoms with Gasteiger partial charge in [-0.3, -0.25) is 0 Å². The number of nitrogens with zero attached hydrogens (tertiary/aromatic N) is 2. The van der Waals surface area contributed by atoms with E-state index >= 15 is 0 Å². The first kappa shape index (κ1) is 16.5. The van der Waals surface area contributed by atoms with Crippen molar-refractivity contribution < 1.29 is 4.74 Å². The molecule has 0 spiro atoms. The van der Waals surface area contributed by atoms with Crippen molar-refractivity contribution in [3.63, 3.8) is 0 Å². The molecule has 130 valence electrons. The number of pyridine rings is 1. The Labute approximate surface area is 156 Å². The molecule has 0 unspecified atom stereocenters. The van der Waals surface area contributed by atoms with Crippen LogP contribution >= 0.6 is 11.3 Å². The third-order valence-corrected chi connectivity index (χ3v) is 5.13. The molecule has 2 aromatic carbocycles. The van der Waals surface area contributed by atoms with Crippen molar-refractivity contribution >= 4 is 27.9 Å². The predicted octanol–water partition coefficient (Wildman–Crippen LogP) is 5.02. The van der Waals surface area contributed by atoms with Crippen molar-refractivity contribution in [3.05, 3.63) is 71.2 Å². The van der Waals surface area contributed by atoms with E-state index in [1.807, 2.05) is 48.7 Å². The molecule has 0 saturated carbocycles. The van der Waals surface area contributed by atoms with Crippen LogP contribution in [-0.2, 0) is 6.42 Å². The molecule has 4 rings (SSSR count). The Balaban J connectivity index is 1.45. The lowest BCUT2D eigenvalue weighted by molar-refractivity contribution is 0.415. The third-order valence-electron chi connectivity index (χ3n) is 4.23. The number of ether oxygens (including phenoxy) is 1. The van der Waals surface area contributed by atoms with Crippen molar-refractivity contribution in [1.82, 2.24) is 9.97 Å². The quantitative estimate of drug-likeness (QED) is 0.524. The molecule has 1 N–H and O–H groups in total.